The smallest absolute Gasteiger partial charge is 0.0503 e. The van der Waals surface area contributed by atoms with Crippen LogP contribution < -0.4 is 4.90 Å². The third-order valence-corrected chi connectivity index (χ3v) is 13.7. The van der Waals surface area contributed by atoms with E-state index in [-0.39, 0.29) is 17.3 Å². The van der Waals surface area contributed by atoms with E-state index in [1.807, 2.05) is 0 Å². The van der Waals surface area contributed by atoms with Crippen LogP contribution >= 0.6 is 0 Å². The number of anilines is 3. The molecule has 10 aromatic rings. The second kappa shape index (κ2) is 11.9. The minimum Gasteiger partial charge on any atom is -0.310 e. The molecule has 0 saturated heterocycles. The molecule has 0 aliphatic heterocycles. The van der Waals surface area contributed by atoms with E-state index >= 15 is 0 Å². The zero-order chi connectivity index (χ0) is 38.0. The van der Waals surface area contributed by atoms with Crippen LogP contribution in [0.15, 0.2) is 212 Å². The predicted molar refractivity (Wildman–Crippen MR) is 242 cm³/mol. The zero-order valence-electron chi connectivity index (χ0n) is 31.8. The molecule has 3 aliphatic rings. The summed E-state index contributed by atoms with van der Waals surface area (Å²) in [4.78, 5) is 2.57. The Morgan fingerprint density at radius 1 is 0.328 bits per heavy atom. The van der Waals surface area contributed by atoms with Crippen LogP contribution in [0, 0.1) is 0 Å². The molecule has 13 rings (SSSR count). The summed E-state index contributed by atoms with van der Waals surface area (Å²) in [5.41, 5.74) is 17.4. The van der Waals surface area contributed by atoms with Gasteiger partial charge in [0.05, 0.1) is 5.69 Å². The second-order valence-electron chi connectivity index (χ2n) is 16.3. The van der Waals surface area contributed by atoms with Crippen molar-refractivity contribution < 1.29 is 0 Å². The van der Waals surface area contributed by atoms with Crippen LogP contribution in [-0.2, 0) is 5.41 Å². The van der Waals surface area contributed by atoms with E-state index in [0.717, 1.165) is 11.4 Å². The maximum atomic E-state index is 2.57. The van der Waals surface area contributed by atoms with Crippen LogP contribution in [0.4, 0.5) is 17.1 Å². The van der Waals surface area contributed by atoms with Gasteiger partial charge in [-0.3, -0.25) is 0 Å². The van der Waals surface area contributed by atoms with Crippen molar-refractivity contribution in [2.75, 3.05) is 4.90 Å². The van der Waals surface area contributed by atoms with E-state index < -0.39 is 0 Å². The first-order chi connectivity index (χ1) is 28.8. The molecule has 0 N–H and O–H groups in total. The van der Waals surface area contributed by atoms with Gasteiger partial charge in [0.2, 0.25) is 0 Å². The molecule has 270 valence electrons. The predicted octanol–water partition coefficient (Wildman–Crippen LogP) is 14.8. The Morgan fingerprint density at radius 3 is 1.41 bits per heavy atom. The Labute approximate surface area is 338 Å². The molecule has 3 unspecified atom stereocenters. The number of nitrogens with zero attached hydrogens (tertiary/aromatic N) is 1. The van der Waals surface area contributed by atoms with Crippen molar-refractivity contribution in [3.63, 3.8) is 0 Å². The molecule has 58 heavy (non-hydrogen) atoms. The summed E-state index contributed by atoms with van der Waals surface area (Å²) in [6.45, 7) is 0. The second-order valence-corrected chi connectivity index (χ2v) is 16.3. The van der Waals surface area contributed by atoms with Gasteiger partial charge in [-0.15, -0.1) is 0 Å². The largest absolute Gasteiger partial charge is 0.310 e. The lowest BCUT2D eigenvalue weighted by Gasteiger charge is -2.58. The van der Waals surface area contributed by atoms with Gasteiger partial charge in [0.25, 0.3) is 0 Å². The van der Waals surface area contributed by atoms with Crippen molar-refractivity contribution >= 4 is 49.4 Å². The van der Waals surface area contributed by atoms with Crippen molar-refractivity contribution in [1.29, 1.82) is 0 Å². The van der Waals surface area contributed by atoms with E-state index in [9.17, 15) is 0 Å². The van der Waals surface area contributed by atoms with E-state index in [1.54, 1.807) is 0 Å². The molecular formula is C57H37N. The lowest BCUT2D eigenvalue weighted by molar-refractivity contribution is 0.333. The molecule has 0 radical (unpaired) electrons. The molecule has 1 spiro atoms. The quantitative estimate of drug-likeness (QED) is 0.159. The Morgan fingerprint density at radius 2 is 0.793 bits per heavy atom. The van der Waals surface area contributed by atoms with E-state index in [0.29, 0.717) is 0 Å². The highest BCUT2D eigenvalue weighted by atomic mass is 15.1. The first kappa shape index (κ1) is 31.9. The summed E-state index contributed by atoms with van der Waals surface area (Å²) in [6.07, 6.45) is 0. The highest BCUT2D eigenvalue weighted by Crippen LogP contribution is 2.79. The van der Waals surface area contributed by atoms with Crippen LogP contribution in [0.2, 0.25) is 0 Å². The number of hydrogen-bond acceptors (Lipinski definition) is 1. The minimum absolute atomic E-state index is 0.0729. The monoisotopic (exact) mass is 735 g/mol. The van der Waals surface area contributed by atoms with Gasteiger partial charge in [-0.1, -0.05) is 182 Å². The van der Waals surface area contributed by atoms with E-state index in [2.05, 4.69) is 217 Å². The normalized spacial score (nSPS) is 18.1. The topological polar surface area (TPSA) is 3.24 Å². The molecule has 0 saturated carbocycles. The fourth-order valence-corrected chi connectivity index (χ4v) is 11.5. The van der Waals surface area contributed by atoms with Crippen LogP contribution in [0.5, 0.6) is 0 Å². The zero-order valence-corrected chi connectivity index (χ0v) is 31.8. The summed E-state index contributed by atoms with van der Waals surface area (Å²) in [5.74, 6) is 0.525. The number of fused-ring (bicyclic) bond motifs is 13. The Bertz CT molecular complexity index is 3260. The summed E-state index contributed by atoms with van der Waals surface area (Å²) in [6, 6.07) is 79.4. The Hall–Kier alpha value is -7.22. The molecule has 10 aromatic carbocycles. The first-order valence-corrected chi connectivity index (χ1v) is 20.5. The average molecular weight is 736 g/mol. The van der Waals surface area contributed by atoms with Gasteiger partial charge in [0, 0.05) is 28.6 Å². The van der Waals surface area contributed by atoms with Crippen molar-refractivity contribution in [2.24, 2.45) is 0 Å². The van der Waals surface area contributed by atoms with Crippen LogP contribution in [0.25, 0.3) is 54.6 Å². The minimum atomic E-state index is -0.0729. The molecular weight excluding hydrogens is 699 g/mol. The van der Waals surface area contributed by atoms with Gasteiger partial charge in [0.15, 0.2) is 0 Å². The molecule has 3 aliphatic carbocycles. The molecule has 3 atom stereocenters. The Kier molecular flexibility index (Phi) is 6.55. The number of hydrogen-bond donors (Lipinski definition) is 0. The van der Waals surface area contributed by atoms with Gasteiger partial charge >= 0.3 is 0 Å². The van der Waals surface area contributed by atoms with Crippen LogP contribution in [0.1, 0.15) is 45.2 Å². The van der Waals surface area contributed by atoms with Crippen LogP contribution in [0.3, 0.4) is 0 Å². The number of rotatable bonds is 5. The van der Waals surface area contributed by atoms with Gasteiger partial charge in [-0.25, -0.2) is 0 Å². The average Bonchev–Trinajstić information content (AvgIpc) is 3.52. The molecule has 0 amide bonds. The molecule has 0 fully saturated rings. The van der Waals surface area contributed by atoms with Crippen molar-refractivity contribution in [3.05, 3.63) is 246 Å². The summed E-state index contributed by atoms with van der Waals surface area (Å²) < 4.78 is 0. The summed E-state index contributed by atoms with van der Waals surface area (Å²) in [5, 5.41) is 7.71. The summed E-state index contributed by atoms with van der Waals surface area (Å²) in [7, 11) is 0. The fraction of sp³-hybridized carbons (Fsp3) is 0.0526. The molecule has 0 bridgehead atoms. The molecule has 0 heterocycles. The SMILES string of the molecule is c1ccc(-c2ccc(N(c3ccc4c5ccccc5c5ccccc5c4c3)c3ccc(-c4ccccc4)c4c3C3c5ccccc5C35c3ccccc3C45)cc2)cc1. The summed E-state index contributed by atoms with van der Waals surface area (Å²) >= 11 is 0. The molecule has 0 aromatic heterocycles. The van der Waals surface area contributed by atoms with Gasteiger partial charge in [-0.05, 0) is 118 Å². The third kappa shape index (κ3) is 4.10. The third-order valence-electron chi connectivity index (χ3n) is 13.7. The lowest BCUT2D eigenvalue weighted by atomic mass is 9.43. The maximum Gasteiger partial charge on any atom is 0.0503 e. The highest BCUT2D eigenvalue weighted by molar-refractivity contribution is 6.25. The fourth-order valence-electron chi connectivity index (χ4n) is 11.5. The van der Waals surface area contributed by atoms with E-state index in [4.69, 9.17) is 0 Å². The van der Waals surface area contributed by atoms with E-state index in [1.165, 1.54) is 93.6 Å². The van der Waals surface area contributed by atoms with Gasteiger partial charge in [-0.2, -0.15) is 0 Å². The van der Waals surface area contributed by atoms with Crippen molar-refractivity contribution in [2.45, 2.75) is 17.3 Å². The molecule has 1 heteroatoms. The van der Waals surface area contributed by atoms with Crippen LogP contribution in [-0.4, -0.2) is 0 Å². The lowest BCUT2D eigenvalue weighted by Crippen LogP contribution is -2.52. The van der Waals surface area contributed by atoms with Gasteiger partial charge < -0.3 is 4.90 Å². The highest BCUT2D eigenvalue weighted by Gasteiger charge is 2.70. The maximum absolute atomic E-state index is 2.57. The van der Waals surface area contributed by atoms with Gasteiger partial charge in [0.1, 0.15) is 0 Å². The standard InChI is InChI=1S/C57H37N/c1-3-15-36(16-4-1)37-27-29-39(30-28-37)58(40-31-32-46-44-21-8-7-19-42(44)43-20-9-10-22-45(43)49(46)35-40)52-34-33-41(38-17-5-2-6-18-38)53-54(52)56-48-24-12-14-26-51(48)57(56)50-25-13-11-23-47(50)55(53)57/h1-35,55-56H. The van der Waals surface area contributed by atoms with Crippen molar-refractivity contribution in [1.82, 2.24) is 0 Å². The molecule has 1 nitrogen and oxygen atoms in total. The number of benzene rings is 10. The van der Waals surface area contributed by atoms with Crippen molar-refractivity contribution in [3.8, 4) is 22.3 Å². The first-order valence-electron chi connectivity index (χ1n) is 20.5. The Balaban J connectivity index is 1.11.